The van der Waals surface area contributed by atoms with E-state index in [1.165, 1.54) is 12.3 Å². The van der Waals surface area contributed by atoms with E-state index in [1.54, 1.807) is 6.20 Å². The lowest BCUT2D eigenvalue weighted by atomic mass is 10.1. The zero-order valence-corrected chi connectivity index (χ0v) is 15.4. The number of allylic oxidation sites excluding steroid dienone is 1. The number of hydrogen-bond acceptors (Lipinski definition) is 6. The van der Waals surface area contributed by atoms with Crippen LogP contribution in [0.3, 0.4) is 0 Å². The van der Waals surface area contributed by atoms with Gasteiger partial charge in [-0.15, -0.1) is 0 Å². The van der Waals surface area contributed by atoms with E-state index in [2.05, 4.69) is 19.9 Å². The molecular weight excluding hydrogens is 373 g/mol. The second-order valence-electron chi connectivity index (χ2n) is 7.62. The maximum Gasteiger partial charge on any atom is 0.432 e. The first-order valence-electron chi connectivity index (χ1n) is 9.59. The number of rotatable bonds is 6. The van der Waals surface area contributed by atoms with Crippen LogP contribution < -0.4 is 4.74 Å². The standard InChI is InChI=1S/C19H23F3N4O2/c20-19(21,22)16-4-3-15(8-23-16)26-6-5-12(9-26)11-28-18-14(10-27)7-24-17(25-18)13-1-2-13/h4,7-8,12-13,15,27H,1-3,5-6,9-11H2/t12-,15?/m0/s1. The van der Waals surface area contributed by atoms with Gasteiger partial charge in [0.05, 0.1) is 18.8 Å². The summed E-state index contributed by atoms with van der Waals surface area (Å²) in [5, 5.41) is 9.48. The molecule has 1 aromatic heterocycles. The summed E-state index contributed by atoms with van der Waals surface area (Å²) in [6, 6.07) is -0.107. The van der Waals surface area contributed by atoms with Gasteiger partial charge in [-0.3, -0.25) is 9.89 Å². The molecule has 1 unspecified atom stereocenters. The molecule has 1 N–H and O–H groups in total. The van der Waals surface area contributed by atoms with Crippen molar-refractivity contribution in [1.82, 2.24) is 14.9 Å². The Balaban J connectivity index is 1.31. The number of alkyl halides is 3. The van der Waals surface area contributed by atoms with Crippen molar-refractivity contribution in [2.45, 2.75) is 50.4 Å². The Morgan fingerprint density at radius 1 is 1.25 bits per heavy atom. The third kappa shape index (κ3) is 4.35. The van der Waals surface area contributed by atoms with E-state index in [4.69, 9.17) is 4.74 Å². The number of aliphatic hydroxyl groups excluding tert-OH is 1. The molecule has 6 nitrogen and oxygen atoms in total. The molecule has 2 fully saturated rings. The van der Waals surface area contributed by atoms with Crippen molar-refractivity contribution < 1.29 is 23.0 Å². The highest BCUT2D eigenvalue weighted by atomic mass is 19.4. The average Bonchev–Trinajstić information content (AvgIpc) is 3.43. The monoisotopic (exact) mass is 396 g/mol. The fourth-order valence-corrected chi connectivity index (χ4v) is 3.62. The van der Waals surface area contributed by atoms with Crippen molar-refractivity contribution in [1.29, 1.82) is 0 Å². The molecule has 1 aliphatic carbocycles. The molecule has 0 amide bonds. The topological polar surface area (TPSA) is 70.8 Å². The number of hydrogen-bond donors (Lipinski definition) is 1. The van der Waals surface area contributed by atoms with Crippen molar-refractivity contribution in [2.75, 3.05) is 19.7 Å². The molecule has 28 heavy (non-hydrogen) atoms. The third-order valence-electron chi connectivity index (χ3n) is 5.43. The van der Waals surface area contributed by atoms with Crippen LogP contribution in [0.15, 0.2) is 23.0 Å². The van der Waals surface area contributed by atoms with Crippen LogP contribution in [0.4, 0.5) is 13.2 Å². The van der Waals surface area contributed by atoms with Gasteiger partial charge in [0.2, 0.25) is 5.88 Å². The molecule has 1 saturated carbocycles. The summed E-state index contributed by atoms with van der Waals surface area (Å²) in [5.74, 6) is 1.87. The zero-order chi connectivity index (χ0) is 19.7. The molecule has 152 valence electrons. The van der Waals surface area contributed by atoms with Crippen LogP contribution in [-0.4, -0.2) is 58.1 Å². The van der Waals surface area contributed by atoms with E-state index in [-0.39, 0.29) is 18.6 Å². The van der Waals surface area contributed by atoms with E-state index < -0.39 is 11.9 Å². The van der Waals surface area contributed by atoms with Crippen molar-refractivity contribution in [3.8, 4) is 5.88 Å². The van der Waals surface area contributed by atoms with E-state index in [0.717, 1.165) is 38.2 Å². The molecule has 3 heterocycles. The predicted octanol–water partition coefficient (Wildman–Crippen LogP) is 2.84. The van der Waals surface area contributed by atoms with Gasteiger partial charge in [0.1, 0.15) is 11.5 Å². The van der Waals surface area contributed by atoms with Gasteiger partial charge in [0.15, 0.2) is 0 Å². The predicted molar refractivity (Wildman–Crippen MR) is 96.1 cm³/mol. The summed E-state index contributed by atoms with van der Waals surface area (Å²) in [6.45, 7) is 1.81. The number of aromatic nitrogens is 2. The van der Waals surface area contributed by atoms with Crippen LogP contribution in [-0.2, 0) is 6.61 Å². The quantitative estimate of drug-likeness (QED) is 0.801. The van der Waals surface area contributed by atoms with Crippen LogP contribution in [0.5, 0.6) is 5.88 Å². The highest BCUT2D eigenvalue weighted by Crippen LogP contribution is 2.38. The van der Waals surface area contributed by atoms with Gasteiger partial charge >= 0.3 is 6.18 Å². The van der Waals surface area contributed by atoms with E-state index in [9.17, 15) is 18.3 Å². The third-order valence-corrected chi connectivity index (χ3v) is 5.43. The highest BCUT2D eigenvalue weighted by molar-refractivity contribution is 5.68. The minimum absolute atomic E-state index is 0.107. The Kier molecular flexibility index (Phi) is 5.37. The number of aliphatic imine (C=N–C) groups is 1. The molecule has 2 atom stereocenters. The molecule has 1 aromatic rings. The van der Waals surface area contributed by atoms with Gasteiger partial charge in [0, 0.05) is 36.8 Å². The molecule has 2 aliphatic heterocycles. The van der Waals surface area contributed by atoms with Gasteiger partial charge < -0.3 is 9.84 Å². The summed E-state index contributed by atoms with van der Waals surface area (Å²) < 4.78 is 43.9. The molecule has 0 spiro atoms. The minimum Gasteiger partial charge on any atom is -0.477 e. The molecule has 0 bridgehead atoms. The van der Waals surface area contributed by atoms with Gasteiger partial charge in [-0.05, 0) is 32.2 Å². The molecule has 1 saturated heterocycles. The Hall–Kier alpha value is -2.00. The van der Waals surface area contributed by atoms with Crippen molar-refractivity contribution in [3.63, 3.8) is 0 Å². The molecule has 0 aromatic carbocycles. The van der Waals surface area contributed by atoms with E-state index in [1.807, 2.05) is 0 Å². The molecule has 3 aliphatic rings. The van der Waals surface area contributed by atoms with Crippen molar-refractivity contribution >= 4 is 6.21 Å². The highest BCUT2D eigenvalue weighted by Gasteiger charge is 2.36. The molecule has 4 rings (SSSR count). The second-order valence-corrected chi connectivity index (χ2v) is 7.62. The lowest BCUT2D eigenvalue weighted by molar-refractivity contribution is -0.0928. The molecular formula is C19H23F3N4O2. The minimum atomic E-state index is -4.38. The average molecular weight is 396 g/mol. The molecule has 9 heteroatoms. The van der Waals surface area contributed by atoms with E-state index in [0.29, 0.717) is 30.4 Å². The number of halogens is 3. The first-order valence-corrected chi connectivity index (χ1v) is 9.59. The smallest absolute Gasteiger partial charge is 0.432 e. The number of aliphatic hydroxyl groups is 1. The summed E-state index contributed by atoms with van der Waals surface area (Å²) in [6.07, 6.45) is 3.20. The van der Waals surface area contributed by atoms with Crippen molar-refractivity contribution in [3.05, 3.63) is 29.4 Å². The van der Waals surface area contributed by atoms with Crippen LogP contribution in [0.1, 0.15) is 43.0 Å². The Morgan fingerprint density at radius 2 is 2.07 bits per heavy atom. The maximum atomic E-state index is 12.7. The summed E-state index contributed by atoms with van der Waals surface area (Å²) in [5.41, 5.74) is -0.238. The zero-order valence-electron chi connectivity index (χ0n) is 15.4. The lowest BCUT2D eigenvalue weighted by Crippen LogP contribution is -2.36. The fraction of sp³-hybridized carbons (Fsp3) is 0.632. The Labute approximate surface area is 161 Å². The van der Waals surface area contributed by atoms with Crippen LogP contribution in [0.2, 0.25) is 0 Å². The lowest BCUT2D eigenvalue weighted by Gasteiger charge is -2.26. The van der Waals surface area contributed by atoms with E-state index >= 15 is 0 Å². The Morgan fingerprint density at radius 3 is 2.71 bits per heavy atom. The van der Waals surface area contributed by atoms with Crippen LogP contribution in [0.25, 0.3) is 0 Å². The van der Waals surface area contributed by atoms with Gasteiger partial charge in [0.25, 0.3) is 0 Å². The Bertz CT molecular complexity index is 777. The number of nitrogens with zero attached hydrogens (tertiary/aromatic N) is 4. The largest absolute Gasteiger partial charge is 0.477 e. The first kappa shape index (κ1) is 19.3. The van der Waals surface area contributed by atoms with Crippen LogP contribution >= 0.6 is 0 Å². The first-order chi connectivity index (χ1) is 13.4. The summed E-state index contributed by atoms with van der Waals surface area (Å²) in [4.78, 5) is 14.5. The summed E-state index contributed by atoms with van der Waals surface area (Å²) >= 11 is 0. The van der Waals surface area contributed by atoms with Gasteiger partial charge in [-0.2, -0.15) is 18.2 Å². The number of ether oxygens (including phenoxy) is 1. The molecule has 0 radical (unpaired) electrons. The van der Waals surface area contributed by atoms with Crippen molar-refractivity contribution in [2.24, 2.45) is 10.9 Å². The van der Waals surface area contributed by atoms with Gasteiger partial charge in [-0.25, -0.2) is 4.98 Å². The number of likely N-dealkylation sites (tertiary alicyclic amines) is 1. The normalized spacial score (nSPS) is 25.8. The SMILES string of the molecule is OCc1cnc(C2CC2)nc1OC[C@H]1CCN(C2C=NC(C(F)(F)F)=CC2)C1. The van der Waals surface area contributed by atoms with Gasteiger partial charge in [-0.1, -0.05) is 6.08 Å². The second kappa shape index (κ2) is 7.79. The maximum absolute atomic E-state index is 12.7. The summed E-state index contributed by atoms with van der Waals surface area (Å²) in [7, 11) is 0. The van der Waals surface area contributed by atoms with Crippen LogP contribution in [0, 0.1) is 5.92 Å². The fourth-order valence-electron chi connectivity index (χ4n) is 3.62.